The van der Waals surface area contributed by atoms with Crippen molar-refractivity contribution in [2.24, 2.45) is 0 Å². The minimum Gasteiger partial charge on any atom is -0.481 e. The first-order valence-corrected chi connectivity index (χ1v) is 5.46. The molecule has 0 aromatic heterocycles. The number of hydrogen-bond donors (Lipinski definition) is 1. The number of rotatable bonds is 4. The van der Waals surface area contributed by atoms with Gasteiger partial charge in [0.15, 0.2) is 0 Å². The van der Waals surface area contributed by atoms with Crippen molar-refractivity contribution in [2.45, 2.75) is 40.0 Å². The molecule has 1 aromatic rings. The Bertz CT molecular complexity index is 275. The van der Waals surface area contributed by atoms with E-state index in [0.29, 0.717) is 0 Å². The van der Waals surface area contributed by atoms with Gasteiger partial charge in [0.2, 0.25) is 0 Å². The Morgan fingerprint density at radius 2 is 1.73 bits per heavy atom. The third-order valence-corrected chi connectivity index (χ3v) is 1.98. The molecule has 0 aliphatic heterocycles. The van der Waals surface area contributed by atoms with E-state index in [1.807, 2.05) is 20.8 Å². The first kappa shape index (κ1) is 13.7. The number of aryl methyl sites for hydroxylation is 2. The molecule has 0 atom stereocenters. The zero-order chi connectivity index (χ0) is 11.7. The van der Waals surface area contributed by atoms with Crippen molar-refractivity contribution in [3.63, 3.8) is 0 Å². The lowest BCUT2D eigenvalue weighted by molar-refractivity contribution is -0.137. The number of hydrogen-bond acceptors (Lipinski definition) is 1. The van der Waals surface area contributed by atoms with Crippen LogP contribution < -0.4 is 0 Å². The fraction of sp³-hybridized carbons (Fsp3) is 0.462. The first-order chi connectivity index (χ1) is 7.18. The monoisotopic (exact) mass is 208 g/mol. The quantitative estimate of drug-likeness (QED) is 0.823. The molecule has 0 saturated carbocycles. The standard InChI is InChI=1S/C11H14O2.C2H6/c1-9-5-7-10(8-6-9)3-2-4-11(12)13;1-2/h5-8H,2-4H2,1H3,(H,12,13);1-2H3. The van der Waals surface area contributed by atoms with Crippen molar-refractivity contribution in [3.05, 3.63) is 35.4 Å². The molecular formula is C13H20O2. The molecule has 0 aliphatic rings. The average Bonchev–Trinajstić information content (AvgIpc) is 2.23. The molecule has 0 amide bonds. The van der Waals surface area contributed by atoms with Crippen molar-refractivity contribution in [1.82, 2.24) is 0 Å². The van der Waals surface area contributed by atoms with Crippen LogP contribution in [0.3, 0.4) is 0 Å². The van der Waals surface area contributed by atoms with Gasteiger partial charge in [-0.05, 0) is 25.3 Å². The van der Waals surface area contributed by atoms with Crippen LogP contribution in [0.2, 0.25) is 0 Å². The molecule has 1 rings (SSSR count). The highest BCUT2D eigenvalue weighted by Gasteiger charge is 1.97. The SMILES string of the molecule is CC.Cc1ccc(CCCC(=O)O)cc1. The summed E-state index contributed by atoms with van der Waals surface area (Å²) in [5, 5.41) is 8.44. The number of carboxylic acid groups (broad SMARTS) is 1. The number of aliphatic carboxylic acids is 1. The second-order valence-corrected chi connectivity index (χ2v) is 3.23. The minimum atomic E-state index is -0.716. The maximum atomic E-state index is 10.2. The lowest BCUT2D eigenvalue weighted by Crippen LogP contribution is -1.95. The molecule has 0 radical (unpaired) electrons. The van der Waals surface area contributed by atoms with E-state index >= 15 is 0 Å². The average molecular weight is 208 g/mol. The van der Waals surface area contributed by atoms with Gasteiger partial charge >= 0.3 is 5.97 Å². The van der Waals surface area contributed by atoms with Crippen LogP contribution in [0, 0.1) is 6.92 Å². The van der Waals surface area contributed by atoms with E-state index in [1.54, 1.807) is 0 Å². The number of carboxylic acids is 1. The summed E-state index contributed by atoms with van der Waals surface area (Å²) in [7, 11) is 0. The summed E-state index contributed by atoms with van der Waals surface area (Å²) in [5.74, 6) is -0.716. The zero-order valence-corrected chi connectivity index (χ0v) is 9.79. The second kappa shape index (κ2) is 8.04. The number of carbonyl (C=O) groups is 1. The molecule has 0 aliphatic carbocycles. The summed E-state index contributed by atoms with van der Waals surface area (Å²) < 4.78 is 0. The van der Waals surface area contributed by atoms with Gasteiger partial charge in [0.25, 0.3) is 0 Å². The van der Waals surface area contributed by atoms with Gasteiger partial charge in [-0.3, -0.25) is 4.79 Å². The lowest BCUT2D eigenvalue weighted by atomic mass is 10.1. The molecule has 0 saturated heterocycles. The smallest absolute Gasteiger partial charge is 0.303 e. The normalized spacial score (nSPS) is 9.00. The largest absolute Gasteiger partial charge is 0.481 e. The predicted octanol–water partition coefficient (Wildman–Crippen LogP) is 3.43. The van der Waals surface area contributed by atoms with E-state index in [9.17, 15) is 4.79 Å². The lowest BCUT2D eigenvalue weighted by Gasteiger charge is -1.99. The van der Waals surface area contributed by atoms with E-state index < -0.39 is 5.97 Å². The van der Waals surface area contributed by atoms with E-state index in [0.717, 1.165) is 12.8 Å². The maximum absolute atomic E-state index is 10.2. The minimum absolute atomic E-state index is 0.258. The molecule has 0 heterocycles. The van der Waals surface area contributed by atoms with Gasteiger partial charge in [-0.1, -0.05) is 43.7 Å². The van der Waals surface area contributed by atoms with E-state index in [1.165, 1.54) is 11.1 Å². The highest BCUT2D eigenvalue weighted by atomic mass is 16.4. The molecule has 0 spiro atoms. The molecular weight excluding hydrogens is 188 g/mol. The predicted molar refractivity (Wildman–Crippen MR) is 63.1 cm³/mol. The molecule has 0 unspecified atom stereocenters. The summed E-state index contributed by atoms with van der Waals surface area (Å²) in [5.41, 5.74) is 2.45. The Kier molecular flexibility index (Phi) is 7.33. The summed E-state index contributed by atoms with van der Waals surface area (Å²) in [6.45, 7) is 6.04. The van der Waals surface area contributed by atoms with Gasteiger partial charge in [0, 0.05) is 6.42 Å². The van der Waals surface area contributed by atoms with Crippen LogP contribution in [-0.4, -0.2) is 11.1 Å². The van der Waals surface area contributed by atoms with E-state index in [4.69, 9.17) is 5.11 Å². The molecule has 15 heavy (non-hydrogen) atoms. The molecule has 0 fully saturated rings. The van der Waals surface area contributed by atoms with Crippen LogP contribution in [0.4, 0.5) is 0 Å². The molecule has 0 bridgehead atoms. The van der Waals surface area contributed by atoms with Crippen LogP contribution in [0.5, 0.6) is 0 Å². The van der Waals surface area contributed by atoms with Crippen LogP contribution >= 0.6 is 0 Å². The Morgan fingerprint density at radius 3 is 2.20 bits per heavy atom. The fourth-order valence-electron chi connectivity index (χ4n) is 1.20. The first-order valence-electron chi connectivity index (χ1n) is 5.46. The van der Waals surface area contributed by atoms with Gasteiger partial charge in [-0.2, -0.15) is 0 Å². The van der Waals surface area contributed by atoms with Gasteiger partial charge in [-0.15, -0.1) is 0 Å². The molecule has 1 aromatic carbocycles. The van der Waals surface area contributed by atoms with Gasteiger partial charge < -0.3 is 5.11 Å². The van der Waals surface area contributed by atoms with Crippen molar-refractivity contribution in [3.8, 4) is 0 Å². The van der Waals surface area contributed by atoms with Crippen LogP contribution in [0.1, 0.15) is 37.8 Å². The second-order valence-electron chi connectivity index (χ2n) is 3.23. The summed E-state index contributed by atoms with van der Waals surface area (Å²) in [4.78, 5) is 10.2. The highest BCUT2D eigenvalue weighted by Crippen LogP contribution is 2.06. The van der Waals surface area contributed by atoms with Crippen molar-refractivity contribution >= 4 is 5.97 Å². The summed E-state index contributed by atoms with van der Waals surface area (Å²) in [6, 6.07) is 8.21. The summed E-state index contributed by atoms with van der Waals surface area (Å²) >= 11 is 0. The Morgan fingerprint density at radius 1 is 1.20 bits per heavy atom. The van der Waals surface area contributed by atoms with Crippen LogP contribution in [0.25, 0.3) is 0 Å². The van der Waals surface area contributed by atoms with Gasteiger partial charge in [-0.25, -0.2) is 0 Å². The molecule has 2 heteroatoms. The maximum Gasteiger partial charge on any atom is 0.303 e. The van der Waals surface area contributed by atoms with Gasteiger partial charge in [0.1, 0.15) is 0 Å². The fourth-order valence-corrected chi connectivity index (χ4v) is 1.20. The third kappa shape index (κ3) is 6.72. The van der Waals surface area contributed by atoms with Crippen molar-refractivity contribution in [2.75, 3.05) is 0 Å². The Labute approximate surface area is 91.9 Å². The summed E-state index contributed by atoms with van der Waals surface area (Å²) in [6.07, 6.45) is 1.83. The topological polar surface area (TPSA) is 37.3 Å². The van der Waals surface area contributed by atoms with Crippen LogP contribution in [0.15, 0.2) is 24.3 Å². The Balaban J connectivity index is 0.000000921. The third-order valence-electron chi connectivity index (χ3n) is 1.98. The van der Waals surface area contributed by atoms with Crippen LogP contribution in [-0.2, 0) is 11.2 Å². The molecule has 2 nitrogen and oxygen atoms in total. The number of benzene rings is 1. The molecule has 1 N–H and O–H groups in total. The van der Waals surface area contributed by atoms with E-state index in [2.05, 4.69) is 24.3 Å². The van der Waals surface area contributed by atoms with Crippen molar-refractivity contribution in [1.29, 1.82) is 0 Å². The van der Waals surface area contributed by atoms with Gasteiger partial charge in [0.05, 0.1) is 0 Å². The molecule has 84 valence electrons. The zero-order valence-electron chi connectivity index (χ0n) is 9.79. The highest BCUT2D eigenvalue weighted by molar-refractivity contribution is 5.66. The van der Waals surface area contributed by atoms with Crippen molar-refractivity contribution < 1.29 is 9.90 Å². The van der Waals surface area contributed by atoms with E-state index in [-0.39, 0.29) is 6.42 Å². The Hall–Kier alpha value is -1.31.